The summed E-state index contributed by atoms with van der Waals surface area (Å²) in [6.07, 6.45) is 0.801. The summed E-state index contributed by atoms with van der Waals surface area (Å²) < 4.78 is 15.5. The van der Waals surface area contributed by atoms with Crippen molar-refractivity contribution >= 4 is 29.1 Å². The molecule has 4 rings (SSSR count). The number of aliphatic hydroxyl groups is 1. The maximum Gasteiger partial charge on any atom is 0.224 e. The Morgan fingerprint density at radius 2 is 1.91 bits per heavy atom. The first kappa shape index (κ1) is 22.6. The Bertz CT molecular complexity index is 1110. The number of carbonyl (C=O) groups is 1. The van der Waals surface area contributed by atoms with Gasteiger partial charge in [0.05, 0.1) is 28.2 Å². The zero-order valence-electron chi connectivity index (χ0n) is 18.6. The second-order valence-corrected chi connectivity index (χ2v) is 9.12. The van der Waals surface area contributed by atoms with E-state index in [0.717, 1.165) is 0 Å². The van der Waals surface area contributed by atoms with Crippen LogP contribution in [-0.4, -0.2) is 49.9 Å². The topological polar surface area (TPSA) is 83.1 Å². The zero-order valence-corrected chi connectivity index (χ0v) is 19.4. The van der Waals surface area contributed by atoms with Crippen LogP contribution >= 0.6 is 11.6 Å². The lowest BCUT2D eigenvalue weighted by molar-refractivity contribution is -0.130. The molecule has 2 atom stereocenters. The summed E-state index contributed by atoms with van der Waals surface area (Å²) in [5, 5.41) is 24.0. The Morgan fingerprint density at radius 1 is 1.22 bits per heavy atom. The second kappa shape index (κ2) is 8.41. The van der Waals surface area contributed by atoms with Gasteiger partial charge >= 0.3 is 0 Å². The van der Waals surface area contributed by atoms with Gasteiger partial charge in [-0.25, -0.2) is 9.07 Å². The Morgan fingerprint density at radius 3 is 2.47 bits per heavy atom. The molecule has 1 aromatic carbocycles. The van der Waals surface area contributed by atoms with Gasteiger partial charge in [0.1, 0.15) is 5.82 Å². The number of hydrogen-bond acceptors (Lipinski definition) is 5. The molecule has 170 valence electrons. The lowest BCUT2D eigenvalue weighted by Gasteiger charge is -2.41. The molecule has 0 spiro atoms. The van der Waals surface area contributed by atoms with Crippen molar-refractivity contribution in [1.82, 2.24) is 14.7 Å². The number of likely N-dealkylation sites (tertiary alicyclic amines) is 1. The molecule has 9 heteroatoms. The predicted molar refractivity (Wildman–Crippen MR) is 121 cm³/mol. The molecule has 0 bridgehead atoms. The summed E-state index contributed by atoms with van der Waals surface area (Å²) in [6.45, 7) is 8.01. The third-order valence-electron chi connectivity index (χ3n) is 6.03. The van der Waals surface area contributed by atoms with Gasteiger partial charge in [-0.05, 0) is 43.9 Å². The molecule has 32 heavy (non-hydrogen) atoms. The number of hydrogen-bond donors (Lipinski definition) is 1. The zero-order chi connectivity index (χ0) is 23.2. The monoisotopic (exact) mass is 459 g/mol. The average molecular weight is 460 g/mol. The summed E-state index contributed by atoms with van der Waals surface area (Å²) in [7, 11) is 0. The van der Waals surface area contributed by atoms with Crippen LogP contribution < -0.4 is 0 Å². The van der Waals surface area contributed by atoms with Crippen LogP contribution in [0.1, 0.15) is 50.6 Å². The van der Waals surface area contributed by atoms with Gasteiger partial charge in [0.15, 0.2) is 11.4 Å². The van der Waals surface area contributed by atoms with E-state index in [1.165, 1.54) is 12.1 Å². The molecule has 1 N–H and O–H groups in total. The number of benzene rings is 1. The number of carbonyl (C=O) groups excluding carboxylic acids is 1. The highest BCUT2D eigenvalue weighted by Crippen LogP contribution is 2.42. The highest BCUT2D eigenvalue weighted by atomic mass is 35.5. The highest BCUT2D eigenvalue weighted by Gasteiger charge is 2.56. The molecule has 1 fully saturated rings. The highest BCUT2D eigenvalue weighted by molar-refractivity contribution is 6.32. The van der Waals surface area contributed by atoms with E-state index in [-0.39, 0.29) is 24.1 Å². The molecule has 0 saturated carbocycles. The summed E-state index contributed by atoms with van der Waals surface area (Å²) >= 11 is 6.57. The fourth-order valence-electron chi connectivity index (χ4n) is 4.63. The van der Waals surface area contributed by atoms with Crippen molar-refractivity contribution in [3.63, 3.8) is 0 Å². The third kappa shape index (κ3) is 3.46. The van der Waals surface area contributed by atoms with E-state index >= 15 is 0 Å². The fourth-order valence-corrected chi connectivity index (χ4v) is 4.83. The van der Waals surface area contributed by atoms with Gasteiger partial charge in [0.2, 0.25) is 5.91 Å². The number of aromatic nitrogens is 2. The van der Waals surface area contributed by atoms with Gasteiger partial charge in [-0.3, -0.25) is 4.79 Å². The molecule has 0 aliphatic carbocycles. The van der Waals surface area contributed by atoms with Crippen molar-refractivity contribution < 1.29 is 14.3 Å². The first-order valence-corrected chi connectivity index (χ1v) is 11.2. The van der Waals surface area contributed by atoms with Crippen molar-refractivity contribution in [1.29, 1.82) is 0 Å². The molecule has 2 unspecified atom stereocenters. The third-order valence-corrected chi connectivity index (χ3v) is 6.52. The minimum atomic E-state index is -1.13. The summed E-state index contributed by atoms with van der Waals surface area (Å²) in [5.41, 5.74) is 1.44. The lowest BCUT2D eigenvalue weighted by Crippen LogP contribution is -2.59. The van der Waals surface area contributed by atoms with Gasteiger partial charge in [-0.15, -0.1) is 5.10 Å². The molecular formula is C23H27ClFN5O2. The fraction of sp³-hybridized carbons (Fsp3) is 0.478. The summed E-state index contributed by atoms with van der Waals surface area (Å²) in [6, 6.07) is 6.12. The first-order chi connectivity index (χ1) is 15.2. The first-order valence-electron chi connectivity index (χ1n) is 10.8. The van der Waals surface area contributed by atoms with E-state index in [0.29, 0.717) is 52.9 Å². The van der Waals surface area contributed by atoms with Crippen molar-refractivity contribution in [2.45, 2.75) is 58.6 Å². The molecule has 2 aliphatic rings. The van der Waals surface area contributed by atoms with Gasteiger partial charge in [0, 0.05) is 19.4 Å². The molecule has 1 saturated heterocycles. The molecule has 0 radical (unpaired) electrons. The minimum Gasteiger partial charge on any atom is -0.393 e. The number of aliphatic hydroxyl groups excluding tert-OH is 1. The number of amides is 1. The Balaban J connectivity index is 1.98. The van der Waals surface area contributed by atoms with E-state index in [1.54, 1.807) is 28.6 Å². The van der Waals surface area contributed by atoms with Crippen LogP contribution in [0, 0.1) is 18.7 Å². The van der Waals surface area contributed by atoms with E-state index in [2.05, 4.69) is 15.3 Å². The van der Waals surface area contributed by atoms with E-state index in [9.17, 15) is 14.3 Å². The molecular weight excluding hydrogens is 433 g/mol. The van der Waals surface area contributed by atoms with Crippen LogP contribution in [0.2, 0.25) is 5.02 Å². The average Bonchev–Trinajstić information content (AvgIpc) is 3.40. The Kier molecular flexibility index (Phi) is 5.94. The summed E-state index contributed by atoms with van der Waals surface area (Å²) in [5.74, 6) is 0.00312. The SMILES string of the molecule is Cc1c(Cl)c(CC(C)O)nn1C1=NN=C(C(C)C)C1(c1ccc(F)cc1)N1CCCC1=O. The van der Waals surface area contributed by atoms with Crippen LogP contribution in [0.5, 0.6) is 0 Å². The second-order valence-electron chi connectivity index (χ2n) is 8.74. The quantitative estimate of drug-likeness (QED) is 0.740. The maximum absolute atomic E-state index is 13.9. The number of halogens is 2. The van der Waals surface area contributed by atoms with E-state index in [4.69, 9.17) is 11.6 Å². The number of nitrogens with zero attached hydrogens (tertiary/aromatic N) is 5. The molecule has 1 aromatic heterocycles. The van der Waals surface area contributed by atoms with Crippen LogP contribution in [0.25, 0.3) is 0 Å². The molecule has 3 heterocycles. The van der Waals surface area contributed by atoms with Crippen molar-refractivity contribution in [2.75, 3.05) is 6.54 Å². The molecule has 1 amide bonds. The normalized spacial score (nSPS) is 22.0. The smallest absolute Gasteiger partial charge is 0.224 e. The Labute approximate surface area is 191 Å². The number of rotatable bonds is 5. The van der Waals surface area contributed by atoms with Gasteiger partial charge < -0.3 is 10.0 Å². The van der Waals surface area contributed by atoms with E-state index in [1.807, 2.05) is 20.8 Å². The van der Waals surface area contributed by atoms with Crippen molar-refractivity contribution in [3.8, 4) is 0 Å². The van der Waals surface area contributed by atoms with Crippen molar-refractivity contribution in [3.05, 3.63) is 52.1 Å². The predicted octanol–water partition coefficient (Wildman–Crippen LogP) is 3.70. The lowest BCUT2D eigenvalue weighted by atomic mass is 9.78. The Hall–Kier alpha value is -2.58. The molecule has 2 aromatic rings. The van der Waals surface area contributed by atoms with Crippen LogP contribution in [-0.2, 0) is 16.8 Å². The van der Waals surface area contributed by atoms with Crippen LogP contribution in [0.4, 0.5) is 4.39 Å². The van der Waals surface area contributed by atoms with Crippen LogP contribution in [0.15, 0.2) is 34.5 Å². The standard InChI is InChI=1S/C23H27ClFN5O2/c1-13(2)21-23(29-11-5-6-19(29)32,16-7-9-17(25)10-8-16)22(27-26-21)30-15(4)20(24)18(28-30)12-14(3)31/h7-10,13-14,31H,5-6,11-12H2,1-4H3. The maximum atomic E-state index is 13.9. The van der Waals surface area contributed by atoms with Gasteiger partial charge in [-0.1, -0.05) is 37.6 Å². The van der Waals surface area contributed by atoms with Crippen molar-refractivity contribution in [2.24, 2.45) is 16.1 Å². The molecule has 7 nitrogen and oxygen atoms in total. The van der Waals surface area contributed by atoms with Gasteiger partial charge in [0.25, 0.3) is 0 Å². The summed E-state index contributed by atoms with van der Waals surface area (Å²) in [4.78, 5) is 14.9. The van der Waals surface area contributed by atoms with E-state index < -0.39 is 11.6 Å². The largest absolute Gasteiger partial charge is 0.393 e. The van der Waals surface area contributed by atoms with Gasteiger partial charge in [-0.2, -0.15) is 10.2 Å². The minimum absolute atomic E-state index is 0.0163. The van der Waals surface area contributed by atoms with Crippen LogP contribution in [0.3, 0.4) is 0 Å². The molecule has 2 aliphatic heterocycles.